The molecule has 4 heteroatoms. The number of rotatable bonds is 5. The van der Waals surface area contributed by atoms with Crippen molar-refractivity contribution in [3.63, 3.8) is 0 Å². The third kappa shape index (κ3) is 4.29. The molecule has 0 bridgehead atoms. The third-order valence-corrected chi connectivity index (χ3v) is 6.14. The molecule has 4 nitrogen and oxygen atoms in total. The minimum atomic E-state index is 0.480. The summed E-state index contributed by atoms with van der Waals surface area (Å²) in [4.78, 5) is 5.12. The number of hydrogen-bond donors (Lipinski definition) is 1. The Kier molecular flexibility index (Phi) is 5.47. The van der Waals surface area contributed by atoms with Crippen LogP contribution in [-0.2, 0) is 4.74 Å². The van der Waals surface area contributed by atoms with Crippen molar-refractivity contribution >= 4 is 11.4 Å². The van der Waals surface area contributed by atoms with Gasteiger partial charge in [0.25, 0.3) is 0 Å². The Balaban J connectivity index is 1.31. The van der Waals surface area contributed by atoms with Crippen LogP contribution in [-0.4, -0.2) is 56.4 Å². The quantitative estimate of drug-likeness (QED) is 0.884. The molecular weight excluding hydrogens is 310 g/mol. The number of piperidine rings is 1. The summed E-state index contributed by atoms with van der Waals surface area (Å²) in [5.74, 6) is 0.672. The van der Waals surface area contributed by atoms with Crippen LogP contribution in [0.5, 0.6) is 0 Å². The number of nitrogens with one attached hydrogen (secondary N) is 1. The first-order valence-electron chi connectivity index (χ1n) is 10.2. The number of benzene rings is 1. The molecule has 1 N–H and O–H groups in total. The SMILES string of the molecule is CC1CN(CC2CCCO2)CCC1Nc1cccc(N2CCCC2)c1. The lowest BCUT2D eigenvalue weighted by molar-refractivity contribution is 0.0563. The van der Waals surface area contributed by atoms with E-state index in [0.717, 1.165) is 13.2 Å². The van der Waals surface area contributed by atoms with Crippen LogP contribution >= 0.6 is 0 Å². The van der Waals surface area contributed by atoms with Gasteiger partial charge in [-0.15, -0.1) is 0 Å². The maximum absolute atomic E-state index is 5.81. The fourth-order valence-corrected chi connectivity index (χ4v) is 4.67. The van der Waals surface area contributed by atoms with E-state index in [-0.39, 0.29) is 0 Å². The lowest BCUT2D eigenvalue weighted by Crippen LogP contribution is -2.47. The summed E-state index contributed by atoms with van der Waals surface area (Å²) in [7, 11) is 0. The molecular formula is C21H33N3O. The van der Waals surface area contributed by atoms with E-state index < -0.39 is 0 Å². The molecule has 25 heavy (non-hydrogen) atoms. The molecule has 3 atom stereocenters. The molecule has 0 amide bonds. The standard InChI is InChI=1S/C21H33N3O/c1-17-15-23(16-20-8-5-13-25-20)12-9-21(17)22-18-6-4-7-19(14-18)24-10-2-3-11-24/h4,6-7,14,17,20-22H,2-3,5,8-13,15-16H2,1H3. The number of anilines is 2. The Morgan fingerprint density at radius 2 is 2.00 bits per heavy atom. The highest BCUT2D eigenvalue weighted by atomic mass is 16.5. The van der Waals surface area contributed by atoms with Crippen LogP contribution in [0.2, 0.25) is 0 Å². The highest BCUT2D eigenvalue weighted by Crippen LogP contribution is 2.27. The van der Waals surface area contributed by atoms with Crippen LogP contribution < -0.4 is 10.2 Å². The summed E-state index contributed by atoms with van der Waals surface area (Å²) in [6.45, 7) is 9.27. The van der Waals surface area contributed by atoms with Crippen molar-refractivity contribution < 1.29 is 4.74 Å². The van der Waals surface area contributed by atoms with Gasteiger partial charge in [-0.1, -0.05) is 13.0 Å². The van der Waals surface area contributed by atoms with Crippen molar-refractivity contribution in [1.29, 1.82) is 0 Å². The molecule has 0 spiro atoms. The molecule has 3 unspecified atom stereocenters. The van der Waals surface area contributed by atoms with Crippen LogP contribution in [0.1, 0.15) is 39.0 Å². The Hall–Kier alpha value is -1.26. The smallest absolute Gasteiger partial charge is 0.0702 e. The van der Waals surface area contributed by atoms with Crippen LogP contribution in [0, 0.1) is 5.92 Å². The van der Waals surface area contributed by atoms with Crippen LogP contribution in [0.25, 0.3) is 0 Å². The molecule has 3 aliphatic heterocycles. The summed E-state index contributed by atoms with van der Waals surface area (Å²) in [6, 6.07) is 9.61. The zero-order chi connectivity index (χ0) is 17.1. The van der Waals surface area contributed by atoms with E-state index in [2.05, 4.69) is 46.3 Å². The van der Waals surface area contributed by atoms with Gasteiger partial charge in [0.05, 0.1) is 6.10 Å². The zero-order valence-electron chi connectivity index (χ0n) is 15.6. The van der Waals surface area contributed by atoms with Gasteiger partial charge in [0.2, 0.25) is 0 Å². The molecule has 138 valence electrons. The average molecular weight is 344 g/mol. The fourth-order valence-electron chi connectivity index (χ4n) is 4.67. The topological polar surface area (TPSA) is 27.7 Å². The molecule has 3 heterocycles. The molecule has 4 rings (SSSR count). The molecule has 1 aromatic carbocycles. The van der Waals surface area contributed by atoms with E-state index in [0.29, 0.717) is 18.1 Å². The summed E-state index contributed by atoms with van der Waals surface area (Å²) in [5, 5.41) is 3.82. The van der Waals surface area contributed by atoms with Gasteiger partial charge in [0.15, 0.2) is 0 Å². The number of ether oxygens (including phenoxy) is 1. The molecule has 0 radical (unpaired) electrons. The van der Waals surface area contributed by atoms with Crippen molar-refractivity contribution in [2.24, 2.45) is 5.92 Å². The highest BCUT2D eigenvalue weighted by Gasteiger charge is 2.28. The second kappa shape index (κ2) is 7.96. The summed E-state index contributed by atoms with van der Waals surface area (Å²) < 4.78 is 5.81. The Morgan fingerprint density at radius 3 is 2.76 bits per heavy atom. The first kappa shape index (κ1) is 17.2. The van der Waals surface area contributed by atoms with Crippen molar-refractivity contribution in [2.45, 2.75) is 51.2 Å². The van der Waals surface area contributed by atoms with Crippen molar-refractivity contribution in [3.05, 3.63) is 24.3 Å². The van der Waals surface area contributed by atoms with Crippen molar-refractivity contribution in [1.82, 2.24) is 4.90 Å². The van der Waals surface area contributed by atoms with Gasteiger partial charge in [-0.2, -0.15) is 0 Å². The Bertz CT molecular complexity index is 552. The maximum Gasteiger partial charge on any atom is 0.0702 e. The summed E-state index contributed by atoms with van der Waals surface area (Å²) in [5.41, 5.74) is 2.67. The van der Waals surface area contributed by atoms with Gasteiger partial charge in [-0.3, -0.25) is 0 Å². The van der Waals surface area contributed by atoms with Gasteiger partial charge in [0.1, 0.15) is 0 Å². The van der Waals surface area contributed by atoms with Crippen molar-refractivity contribution in [2.75, 3.05) is 49.5 Å². The van der Waals surface area contributed by atoms with Crippen LogP contribution in [0.15, 0.2) is 24.3 Å². The monoisotopic (exact) mass is 343 g/mol. The highest BCUT2D eigenvalue weighted by molar-refractivity contribution is 5.58. The number of likely N-dealkylation sites (tertiary alicyclic amines) is 1. The number of nitrogens with zero attached hydrogens (tertiary/aromatic N) is 2. The Labute approximate surface area is 152 Å². The minimum absolute atomic E-state index is 0.480. The molecule has 3 fully saturated rings. The molecule has 0 aliphatic carbocycles. The fraction of sp³-hybridized carbons (Fsp3) is 0.714. The third-order valence-electron chi connectivity index (χ3n) is 6.14. The maximum atomic E-state index is 5.81. The van der Waals surface area contributed by atoms with E-state index in [1.54, 1.807) is 0 Å². The minimum Gasteiger partial charge on any atom is -0.382 e. The van der Waals surface area contributed by atoms with E-state index >= 15 is 0 Å². The predicted octanol–water partition coefficient (Wildman–Crippen LogP) is 3.59. The molecule has 1 aromatic rings. The van der Waals surface area contributed by atoms with E-state index in [1.165, 1.54) is 69.7 Å². The lowest BCUT2D eigenvalue weighted by Gasteiger charge is -2.38. The number of hydrogen-bond acceptors (Lipinski definition) is 4. The lowest BCUT2D eigenvalue weighted by atomic mass is 9.93. The second-order valence-corrected chi connectivity index (χ2v) is 8.16. The van der Waals surface area contributed by atoms with Gasteiger partial charge < -0.3 is 19.9 Å². The van der Waals surface area contributed by atoms with E-state index in [9.17, 15) is 0 Å². The normalized spacial score (nSPS) is 30.8. The van der Waals surface area contributed by atoms with Gasteiger partial charge >= 0.3 is 0 Å². The first-order chi connectivity index (χ1) is 12.3. The summed E-state index contributed by atoms with van der Waals surface area (Å²) in [6.07, 6.45) is 6.85. The van der Waals surface area contributed by atoms with Crippen LogP contribution in [0.3, 0.4) is 0 Å². The second-order valence-electron chi connectivity index (χ2n) is 8.16. The summed E-state index contributed by atoms with van der Waals surface area (Å²) >= 11 is 0. The van der Waals surface area contributed by atoms with E-state index in [4.69, 9.17) is 4.74 Å². The molecule has 3 aliphatic rings. The zero-order valence-corrected chi connectivity index (χ0v) is 15.6. The largest absolute Gasteiger partial charge is 0.382 e. The Morgan fingerprint density at radius 1 is 1.12 bits per heavy atom. The van der Waals surface area contributed by atoms with Gasteiger partial charge in [-0.05, 0) is 56.2 Å². The molecule has 0 saturated carbocycles. The predicted molar refractivity (Wildman–Crippen MR) is 104 cm³/mol. The average Bonchev–Trinajstić information content (AvgIpc) is 3.31. The molecule has 3 saturated heterocycles. The van der Waals surface area contributed by atoms with Crippen LogP contribution in [0.4, 0.5) is 11.4 Å². The van der Waals surface area contributed by atoms with Gasteiger partial charge in [-0.25, -0.2) is 0 Å². The molecule has 0 aromatic heterocycles. The first-order valence-corrected chi connectivity index (χ1v) is 10.2. The van der Waals surface area contributed by atoms with Gasteiger partial charge in [0, 0.05) is 56.7 Å². The van der Waals surface area contributed by atoms with Crippen molar-refractivity contribution in [3.8, 4) is 0 Å². The van der Waals surface area contributed by atoms with E-state index in [1.807, 2.05) is 0 Å².